The third-order valence-electron chi connectivity index (χ3n) is 4.35. The van der Waals surface area contributed by atoms with Crippen molar-refractivity contribution < 1.29 is 0 Å². The molecule has 0 amide bonds. The lowest BCUT2D eigenvalue weighted by Crippen LogP contribution is -2.45. The second kappa shape index (κ2) is 9.38. The molecule has 0 heterocycles. The minimum Gasteiger partial charge on any atom is -0.402 e. The number of nitrogens with two attached hydrogens (primary N) is 6. The molecule has 0 spiro atoms. The normalized spacial score (nSPS) is 40.6. The smallest absolute Gasteiger partial charge is 0.0207 e. The highest BCUT2D eigenvalue weighted by molar-refractivity contribution is 4.99. The second-order valence-electron chi connectivity index (χ2n) is 6.56. The highest BCUT2D eigenvalue weighted by Gasteiger charge is 2.18. The molecule has 0 aromatic heterocycles. The largest absolute Gasteiger partial charge is 0.402 e. The van der Waals surface area contributed by atoms with Gasteiger partial charge in [0.05, 0.1) is 0 Å². The molecule has 0 aliphatic heterocycles. The van der Waals surface area contributed by atoms with E-state index in [0.29, 0.717) is 0 Å². The van der Waals surface area contributed by atoms with Gasteiger partial charge in [-0.1, -0.05) is 6.08 Å². The average Bonchev–Trinajstić information content (AvgIpc) is 2.41. The zero-order chi connectivity index (χ0) is 15.8. The van der Waals surface area contributed by atoms with Crippen LogP contribution in [0.25, 0.3) is 0 Å². The Labute approximate surface area is 128 Å². The summed E-state index contributed by atoms with van der Waals surface area (Å²) in [5.41, 5.74) is 37.5. The summed E-state index contributed by atoms with van der Waals surface area (Å²) in [5.74, 6) is 0. The molecule has 0 fully saturated rings. The number of hydrogen-bond acceptors (Lipinski definition) is 6. The van der Waals surface area contributed by atoms with Crippen LogP contribution in [-0.2, 0) is 0 Å². The van der Waals surface area contributed by atoms with E-state index in [1.807, 2.05) is 6.08 Å². The molecule has 0 radical (unpaired) electrons. The fraction of sp³-hybridized carbons (Fsp3) is 0.867. The van der Waals surface area contributed by atoms with Gasteiger partial charge < -0.3 is 34.4 Å². The summed E-state index contributed by atoms with van der Waals surface area (Å²) in [4.78, 5) is 0. The summed E-state index contributed by atoms with van der Waals surface area (Å²) < 4.78 is 0. The quantitative estimate of drug-likeness (QED) is 0.357. The molecule has 6 heteroatoms. The van der Waals surface area contributed by atoms with Crippen LogP contribution in [0.15, 0.2) is 11.8 Å². The third-order valence-corrected chi connectivity index (χ3v) is 4.35. The lowest BCUT2D eigenvalue weighted by Gasteiger charge is -2.24. The van der Waals surface area contributed by atoms with Gasteiger partial charge in [-0.05, 0) is 44.9 Å². The number of rotatable bonds is 0. The average molecular weight is 298 g/mol. The Morgan fingerprint density at radius 3 is 2.05 bits per heavy atom. The van der Waals surface area contributed by atoms with Gasteiger partial charge in [0.15, 0.2) is 0 Å². The van der Waals surface area contributed by atoms with Crippen LogP contribution in [0.5, 0.6) is 0 Å². The van der Waals surface area contributed by atoms with Crippen molar-refractivity contribution in [2.75, 3.05) is 0 Å². The molecule has 12 N–H and O–H groups in total. The summed E-state index contributed by atoms with van der Waals surface area (Å²) >= 11 is 0. The third kappa shape index (κ3) is 7.78. The number of hydrogen-bond donors (Lipinski definition) is 6. The number of allylic oxidation sites excluding steroid dienone is 1. The molecule has 124 valence electrons. The van der Waals surface area contributed by atoms with Crippen molar-refractivity contribution in [1.82, 2.24) is 0 Å². The van der Waals surface area contributed by atoms with E-state index in [1.165, 1.54) is 0 Å². The summed E-state index contributed by atoms with van der Waals surface area (Å²) in [6.45, 7) is 0. The van der Waals surface area contributed by atoms with Gasteiger partial charge in [-0.25, -0.2) is 0 Å². The highest BCUT2D eigenvalue weighted by atomic mass is 14.8. The Hall–Kier alpha value is -0.660. The van der Waals surface area contributed by atoms with Crippen LogP contribution >= 0.6 is 0 Å². The van der Waals surface area contributed by atoms with E-state index in [9.17, 15) is 0 Å². The molecule has 0 aromatic rings. The topological polar surface area (TPSA) is 156 Å². The predicted molar refractivity (Wildman–Crippen MR) is 89.1 cm³/mol. The zero-order valence-electron chi connectivity index (χ0n) is 13.1. The van der Waals surface area contributed by atoms with Gasteiger partial charge in [-0.3, -0.25) is 0 Å². The Morgan fingerprint density at radius 2 is 1.33 bits per heavy atom. The molecule has 1 aliphatic rings. The van der Waals surface area contributed by atoms with Crippen LogP contribution in [0.2, 0.25) is 0 Å². The fourth-order valence-corrected chi connectivity index (χ4v) is 2.81. The SMILES string of the molecule is N/C1=C/CCC(N)CC(N)C(N)CCC(N)CCC(N)C1. The maximum Gasteiger partial charge on any atom is 0.0207 e. The maximum absolute atomic E-state index is 6.14. The Morgan fingerprint density at radius 1 is 0.714 bits per heavy atom. The highest BCUT2D eigenvalue weighted by Crippen LogP contribution is 2.14. The molecule has 0 saturated heterocycles. The van der Waals surface area contributed by atoms with Crippen molar-refractivity contribution in [1.29, 1.82) is 0 Å². The Balaban J connectivity index is 2.62. The molecule has 5 atom stereocenters. The molecule has 0 aromatic carbocycles. The maximum atomic E-state index is 6.14. The lowest BCUT2D eigenvalue weighted by molar-refractivity contribution is 0.396. The molecular formula is C15H34N6. The van der Waals surface area contributed by atoms with E-state index in [1.54, 1.807) is 0 Å². The van der Waals surface area contributed by atoms with Crippen LogP contribution < -0.4 is 34.4 Å². The van der Waals surface area contributed by atoms with Crippen molar-refractivity contribution in [3.63, 3.8) is 0 Å². The van der Waals surface area contributed by atoms with Gasteiger partial charge in [0.2, 0.25) is 0 Å². The molecule has 6 nitrogen and oxygen atoms in total. The van der Waals surface area contributed by atoms with Crippen LogP contribution in [0.4, 0.5) is 0 Å². The van der Waals surface area contributed by atoms with Gasteiger partial charge in [-0.15, -0.1) is 0 Å². The van der Waals surface area contributed by atoms with E-state index >= 15 is 0 Å². The minimum absolute atomic E-state index is 0.0403. The molecule has 1 aliphatic carbocycles. The summed E-state index contributed by atoms with van der Waals surface area (Å²) in [5, 5.41) is 0. The van der Waals surface area contributed by atoms with E-state index in [2.05, 4.69) is 0 Å². The van der Waals surface area contributed by atoms with Crippen LogP contribution in [0, 0.1) is 0 Å². The molecule has 5 unspecified atom stereocenters. The monoisotopic (exact) mass is 298 g/mol. The van der Waals surface area contributed by atoms with Crippen molar-refractivity contribution >= 4 is 0 Å². The molecular weight excluding hydrogens is 264 g/mol. The first-order chi connectivity index (χ1) is 9.88. The van der Waals surface area contributed by atoms with Crippen LogP contribution in [0.1, 0.15) is 51.4 Å². The van der Waals surface area contributed by atoms with Gasteiger partial charge in [0.25, 0.3) is 0 Å². The lowest BCUT2D eigenvalue weighted by atomic mass is 9.94. The first kappa shape index (κ1) is 18.4. The summed E-state index contributed by atoms with van der Waals surface area (Å²) in [6, 6.07) is 0.144. The van der Waals surface area contributed by atoms with Gasteiger partial charge >= 0.3 is 0 Å². The van der Waals surface area contributed by atoms with Crippen LogP contribution in [-0.4, -0.2) is 30.2 Å². The van der Waals surface area contributed by atoms with Crippen molar-refractivity contribution in [3.05, 3.63) is 11.8 Å². The van der Waals surface area contributed by atoms with Crippen LogP contribution in [0.3, 0.4) is 0 Å². The molecule has 21 heavy (non-hydrogen) atoms. The van der Waals surface area contributed by atoms with Crippen molar-refractivity contribution in [2.45, 2.75) is 81.6 Å². The Kier molecular flexibility index (Phi) is 8.21. The molecule has 1 rings (SSSR count). The van der Waals surface area contributed by atoms with Gasteiger partial charge in [-0.2, -0.15) is 0 Å². The zero-order valence-corrected chi connectivity index (χ0v) is 13.1. The second-order valence-corrected chi connectivity index (χ2v) is 6.56. The van der Waals surface area contributed by atoms with E-state index in [0.717, 1.165) is 57.1 Å². The minimum atomic E-state index is -0.0686. The van der Waals surface area contributed by atoms with Crippen molar-refractivity contribution in [2.24, 2.45) is 34.4 Å². The summed E-state index contributed by atoms with van der Waals surface area (Å²) in [7, 11) is 0. The van der Waals surface area contributed by atoms with E-state index in [-0.39, 0.29) is 30.2 Å². The first-order valence-electron chi connectivity index (χ1n) is 8.11. The predicted octanol–water partition coefficient (Wildman–Crippen LogP) is -0.400. The molecule has 0 saturated carbocycles. The first-order valence-corrected chi connectivity index (χ1v) is 8.11. The van der Waals surface area contributed by atoms with E-state index < -0.39 is 0 Å². The summed E-state index contributed by atoms with van der Waals surface area (Å²) in [6.07, 6.45) is 8.73. The van der Waals surface area contributed by atoms with E-state index in [4.69, 9.17) is 34.4 Å². The Bertz CT molecular complexity index is 319. The fourth-order valence-electron chi connectivity index (χ4n) is 2.81. The van der Waals surface area contributed by atoms with Crippen molar-refractivity contribution in [3.8, 4) is 0 Å². The molecule has 0 bridgehead atoms. The van der Waals surface area contributed by atoms with Gasteiger partial charge in [0.1, 0.15) is 0 Å². The standard InChI is InChI=1S/C15H34N6/c16-10-4-5-13(19)8-11(17)2-1-3-12(18)9-15(21)14(20)7-6-10/h2,10,12-15H,1,3-9,16-21H2/b11-2+. The van der Waals surface area contributed by atoms with Gasteiger partial charge in [0, 0.05) is 42.3 Å².